The monoisotopic (exact) mass is 641 g/mol. The number of benzene rings is 3. The molecule has 3 heterocycles. The van der Waals surface area contributed by atoms with Gasteiger partial charge in [-0.1, -0.05) is 53.4 Å². The minimum absolute atomic E-state index is 0.00198. The van der Waals surface area contributed by atoms with Crippen molar-refractivity contribution in [2.75, 3.05) is 17.3 Å². The molecule has 3 aromatic carbocycles. The maximum absolute atomic E-state index is 14.0. The van der Waals surface area contributed by atoms with Crippen molar-refractivity contribution < 1.29 is 37.4 Å². The number of thiazole rings is 1. The lowest BCUT2D eigenvalue weighted by Crippen LogP contribution is -2.33. The summed E-state index contributed by atoms with van der Waals surface area (Å²) in [5, 5.41) is 11.2. The first-order valence-electron chi connectivity index (χ1n) is 13.2. The van der Waals surface area contributed by atoms with Crippen LogP contribution in [0.2, 0.25) is 0 Å². The third kappa shape index (κ3) is 5.03. The SMILES string of the molecule is COc1ccccc1C1c2sc(=O)n(CC(=O)Nc3ccc(O)cc3)c2SC2C(=O)N(c3ccccc3C(F)(F)F)C(=O)C21. The minimum atomic E-state index is -4.83. The number of hydrogen-bond donors (Lipinski definition) is 2. The Hall–Kier alpha value is -4.56. The number of methoxy groups -OCH3 is 1. The number of alkyl halides is 3. The van der Waals surface area contributed by atoms with E-state index in [2.05, 4.69) is 5.32 Å². The van der Waals surface area contributed by atoms with Crippen LogP contribution in [0.1, 0.15) is 21.9 Å². The molecule has 3 unspecified atom stereocenters. The predicted octanol–water partition coefficient (Wildman–Crippen LogP) is 5.08. The number of carbonyl (C=O) groups is 3. The Labute approximate surface area is 255 Å². The Morgan fingerprint density at radius 1 is 0.977 bits per heavy atom. The highest BCUT2D eigenvalue weighted by Gasteiger charge is 2.58. The number of nitrogens with zero attached hydrogens (tertiary/aromatic N) is 2. The molecule has 9 nitrogen and oxygen atoms in total. The fourth-order valence-corrected chi connectivity index (χ4v) is 8.31. The van der Waals surface area contributed by atoms with Gasteiger partial charge in [-0.15, -0.1) is 0 Å². The second-order valence-corrected chi connectivity index (χ2v) is 12.2. The van der Waals surface area contributed by atoms with E-state index >= 15 is 0 Å². The van der Waals surface area contributed by atoms with Crippen LogP contribution in [0.4, 0.5) is 24.5 Å². The first kappa shape index (κ1) is 29.5. The Kier molecular flexibility index (Phi) is 7.49. The van der Waals surface area contributed by atoms with Crippen LogP contribution in [0.5, 0.6) is 11.5 Å². The quantitative estimate of drug-likeness (QED) is 0.223. The van der Waals surface area contributed by atoms with Gasteiger partial charge in [-0.05, 0) is 42.5 Å². The third-order valence-electron chi connectivity index (χ3n) is 7.43. The molecule has 0 saturated carbocycles. The van der Waals surface area contributed by atoms with E-state index in [4.69, 9.17) is 4.74 Å². The van der Waals surface area contributed by atoms with Crippen LogP contribution >= 0.6 is 23.1 Å². The van der Waals surface area contributed by atoms with Gasteiger partial charge >= 0.3 is 11.0 Å². The molecule has 6 rings (SSSR count). The molecule has 1 aromatic heterocycles. The zero-order valence-corrected chi connectivity index (χ0v) is 24.3. The standard InChI is InChI=1S/C30H22F3N3O6S2/c1-42-20-9-5-2-6-17(20)22-23-24(27(40)36(26(23)39)19-8-4-3-7-18(19)30(31,32)33)43-28-25(22)44-29(41)35(28)14-21(38)34-15-10-12-16(37)13-11-15/h2-13,22-24,37H,14H2,1H3,(H,34,38). The fraction of sp³-hybridized carbons (Fsp3) is 0.200. The highest BCUT2D eigenvalue weighted by molar-refractivity contribution is 8.00. The molecule has 2 N–H and O–H groups in total. The molecule has 4 aromatic rings. The molecule has 1 fully saturated rings. The van der Waals surface area contributed by atoms with E-state index in [1.165, 1.54) is 48.1 Å². The number of phenolic OH excluding ortho intramolecular Hbond substituents is 1. The number of hydrogen-bond acceptors (Lipinski definition) is 8. The lowest BCUT2D eigenvalue weighted by Gasteiger charge is -2.31. The molecule has 3 amide bonds. The molecule has 2 aliphatic heterocycles. The molecule has 0 spiro atoms. The van der Waals surface area contributed by atoms with Crippen molar-refractivity contribution in [3.63, 3.8) is 0 Å². The Morgan fingerprint density at radius 2 is 1.66 bits per heavy atom. The lowest BCUT2D eigenvalue weighted by molar-refractivity contribution is -0.137. The third-order valence-corrected chi connectivity index (χ3v) is 10.0. The van der Waals surface area contributed by atoms with E-state index in [-0.39, 0.29) is 10.8 Å². The van der Waals surface area contributed by atoms with Crippen molar-refractivity contribution >= 4 is 52.2 Å². The zero-order chi connectivity index (χ0) is 31.3. The van der Waals surface area contributed by atoms with Crippen molar-refractivity contribution in [1.29, 1.82) is 0 Å². The van der Waals surface area contributed by atoms with Gasteiger partial charge in [0.25, 0.3) is 0 Å². The highest BCUT2D eigenvalue weighted by Crippen LogP contribution is 2.55. The van der Waals surface area contributed by atoms with Gasteiger partial charge in [-0.25, -0.2) is 4.90 Å². The number of phenols is 1. The number of halogens is 3. The summed E-state index contributed by atoms with van der Waals surface area (Å²) >= 11 is 1.69. The second-order valence-electron chi connectivity index (χ2n) is 10.0. The molecular formula is C30H22F3N3O6S2. The molecule has 1 saturated heterocycles. The van der Waals surface area contributed by atoms with Crippen LogP contribution in [0.25, 0.3) is 0 Å². The first-order valence-corrected chi connectivity index (χ1v) is 14.8. The van der Waals surface area contributed by atoms with Crippen molar-refractivity contribution in [3.05, 3.63) is 98.5 Å². The average Bonchev–Trinajstić information content (AvgIpc) is 3.44. The average molecular weight is 642 g/mol. The van der Waals surface area contributed by atoms with E-state index in [1.807, 2.05) is 0 Å². The van der Waals surface area contributed by atoms with Crippen LogP contribution in [-0.2, 0) is 27.1 Å². The molecule has 14 heteroatoms. The van der Waals surface area contributed by atoms with E-state index in [0.29, 0.717) is 26.8 Å². The number of imide groups is 1. The molecule has 3 atom stereocenters. The van der Waals surface area contributed by atoms with E-state index in [9.17, 15) is 37.5 Å². The minimum Gasteiger partial charge on any atom is -0.508 e. The number of para-hydroxylation sites is 2. The molecule has 2 aliphatic rings. The van der Waals surface area contributed by atoms with Gasteiger partial charge in [-0.3, -0.25) is 23.7 Å². The summed E-state index contributed by atoms with van der Waals surface area (Å²) in [6.45, 7) is -0.433. The van der Waals surface area contributed by atoms with Crippen molar-refractivity contribution in [1.82, 2.24) is 4.57 Å². The van der Waals surface area contributed by atoms with Crippen LogP contribution in [-0.4, -0.2) is 39.8 Å². The zero-order valence-electron chi connectivity index (χ0n) is 22.7. The number of nitrogens with one attached hydrogen (secondary N) is 1. The topological polar surface area (TPSA) is 118 Å². The lowest BCUT2D eigenvalue weighted by atomic mass is 9.82. The van der Waals surface area contributed by atoms with E-state index in [0.717, 1.165) is 35.2 Å². The number of carbonyl (C=O) groups excluding carboxylic acids is 3. The molecule has 0 bridgehead atoms. The predicted molar refractivity (Wildman–Crippen MR) is 157 cm³/mol. The van der Waals surface area contributed by atoms with E-state index in [1.54, 1.807) is 24.3 Å². The molecule has 44 heavy (non-hydrogen) atoms. The fourth-order valence-electron chi connectivity index (χ4n) is 5.55. The Balaban J connectivity index is 1.45. The Bertz CT molecular complexity index is 1850. The number of thioether (sulfide) groups is 1. The molecular weight excluding hydrogens is 619 g/mol. The van der Waals surface area contributed by atoms with Gasteiger partial charge in [0.05, 0.1) is 29.3 Å². The van der Waals surface area contributed by atoms with Gasteiger partial charge < -0.3 is 15.2 Å². The van der Waals surface area contributed by atoms with Crippen molar-refractivity contribution in [2.45, 2.75) is 28.9 Å². The summed E-state index contributed by atoms with van der Waals surface area (Å²) in [6.07, 6.45) is -4.83. The number of aromatic hydroxyl groups is 1. The van der Waals surface area contributed by atoms with Crippen LogP contribution in [0, 0.1) is 5.92 Å². The summed E-state index contributed by atoms with van der Waals surface area (Å²) in [7, 11) is 1.42. The maximum atomic E-state index is 14.0. The summed E-state index contributed by atoms with van der Waals surface area (Å²) in [5.41, 5.74) is -0.852. The van der Waals surface area contributed by atoms with E-state index < -0.39 is 63.7 Å². The summed E-state index contributed by atoms with van der Waals surface area (Å²) in [5.74, 6) is -3.97. The highest BCUT2D eigenvalue weighted by atomic mass is 32.2. The van der Waals surface area contributed by atoms with Crippen molar-refractivity contribution in [3.8, 4) is 11.5 Å². The van der Waals surface area contributed by atoms with Gasteiger partial charge in [0.1, 0.15) is 23.3 Å². The van der Waals surface area contributed by atoms with Crippen LogP contribution < -0.4 is 19.8 Å². The number of fused-ring (bicyclic) bond motifs is 2. The van der Waals surface area contributed by atoms with Crippen LogP contribution in [0.3, 0.4) is 0 Å². The van der Waals surface area contributed by atoms with Gasteiger partial charge in [0, 0.05) is 22.0 Å². The smallest absolute Gasteiger partial charge is 0.418 e. The number of amides is 3. The summed E-state index contributed by atoms with van der Waals surface area (Å²) in [6, 6.07) is 16.8. The number of ether oxygens (including phenoxy) is 1. The molecule has 0 aliphatic carbocycles. The number of aromatic nitrogens is 1. The number of rotatable bonds is 6. The van der Waals surface area contributed by atoms with Gasteiger partial charge in [-0.2, -0.15) is 13.2 Å². The van der Waals surface area contributed by atoms with Crippen LogP contribution in [0.15, 0.2) is 82.6 Å². The summed E-state index contributed by atoms with van der Waals surface area (Å²) < 4.78 is 48.7. The first-order chi connectivity index (χ1) is 21.0. The summed E-state index contributed by atoms with van der Waals surface area (Å²) in [4.78, 5) is 54.7. The van der Waals surface area contributed by atoms with Crippen molar-refractivity contribution in [2.24, 2.45) is 5.92 Å². The largest absolute Gasteiger partial charge is 0.508 e. The maximum Gasteiger partial charge on any atom is 0.418 e. The van der Waals surface area contributed by atoms with Gasteiger partial charge in [0.2, 0.25) is 17.7 Å². The number of anilines is 2. The molecule has 226 valence electrons. The normalized spacial score (nSPS) is 19.5. The Morgan fingerprint density at radius 3 is 2.36 bits per heavy atom. The molecule has 0 radical (unpaired) electrons. The van der Waals surface area contributed by atoms with Gasteiger partial charge in [0.15, 0.2) is 0 Å². The second kappa shape index (κ2) is 11.2.